The van der Waals surface area contributed by atoms with Crippen LogP contribution in [-0.4, -0.2) is 36.5 Å². The van der Waals surface area contributed by atoms with Crippen LogP contribution in [0.5, 0.6) is 0 Å². The molecule has 0 aromatic rings. The lowest BCUT2D eigenvalue weighted by molar-refractivity contribution is -0.122. The number of carbonyl (C=O) groups is 1. The minimum atomic E-state index is 0.236. The molecule has 0 radical (unpaired) electrons. The van der Waals surface area contributed by atoms with Crippen LogP contribution in [0.2, 0.25) is 0 Å². The number of hydrogen-bond acceptors (Lipinski definition) is 3. The predicted octanol–water partition coefficient (Wildman–Crippen LogP) is 1.78. The van der Waals surface area contributed by atoms with Gasteiger partial charge in [0.25, 0.3) is 0 Å². The summed E-state index contributed by atoms with van der Waals surface area (Å²) in [5.74, 6) is 1.40. The second kappa shape index (κ2) is 7.96. The molecular weight excluding hydrogens is 220 g/mol. The van der Waals surface area contributed by atoms with Gasteiger partial charge in [0.2, 0.25) is 5.91 Å². The molecule has 16 heavy (non-hydrogen) atoms. The first kappa shape index (κ1) is 13.8. The molecule has 0 aliphatic carbocycles. The third-order valence-corrected chi connectivity index (χ3v) is 3.69. The Labute approximate surface area is 103 Å². The first-order valence-electron chi connectivity index (χ1n) is 6.24. The molecule has 0 aromatic heterocycles. The van der Waals surface area contributed by atoms with Gasteiger partial charge in [-0.3, -0.25) is 4.79 Å². The molecule has 2 N–H and O–H groups in total. The minimum Gasteiger partial charge on any atom is -0.353 e. The molecule has 1 saturated heterocycles. The topological polar surface area (TPSA) is 41.1 Å². The molecule has 4 heteroatoms. The van der Waals surface area contributed by atoms with Crippen molar-refractivity contribution in [3.63, 3.8) is 0 Å². The summed E-state index contributed by atoms with van der Waals surface area (Å²) in [5.41, 5.74) is 0. The van der Waals surface area contributed by atoms with Gasteiger partial charge in [-0.15, -0.1) is 0 Å². The second-order valence-electron chi connectivity index (χ2n) is 4.59. The second-order valence-corrected chi connectivity index (χ2v) is 5.58. The lowest BCUT2D eigenvalue weighted by Gasteiger charge is -2.28. The summed E-state index contributed by atoms with van der Waals surface area (Å²) in [4.78, 5) is 11.6. The van der Waals surface area contributed by atoms with E-state index in [1.807, 2.05) is 11.8 Å². The van der Waals surface area contributed by atoms with Crippen molar-refractivity contribution >= 4 is 17.7 Å². The highest BCUT2D eigenvalue weighted by molar-refractivity contribution is 7.98. The first-order chi connectivity index (χ1) is 7.72. The Hall–Kier alpha value is -0.220. The molecule has 1 rings (SSSR count). The molecule has 1 heterocycles. The van der Waals surface area contributed by atoms with Gasteiger partial charge in [-0.25, -0.2) is 0 Å². The maximum absolute atomic E-state index is 11.6. The van der Waals surface area contributed by atoms with E-state index in [-0.39, 0.29) is 5.91 Å². The fraction of sp³-hybridized carbons (Fsp3) is 0.917. The number of nitrogens with one attached hydrogen (secondary N) is 2. The van der Waals surface area contributed by atoms with Gasteiger partial charge in [0.1, 0.15) is 0 Å². The Morgan fingerprint density at radius 3 is 3.00 bits per heavy atom. The number of piperidine rings is 1. The van der Waals surface area contributed by atoms with Crippen molar-refractivity contribution in [3.8, 4) is 0 Å². The summed E-state index contributed by atoms with van der Waals surface area (Å²) in [6.45, 7) is 3.20. The molecule has 0 aromatic carbocycles. The maximum Gasteiger partial charge on any atom is 0.220 e. The number of rotatable bonds is 6. The van der Waals surface area contributed by atoms with Crippen LogP contribution in [0.25, 0.3) is 0 Å². The SMILES string of the molecule is CSCCCCC(=O)NC1CCNC(C)C1. The van der Waals surface area contributed by atoms with Crippen molar-refractivity contribution in [1.82, 2.24) is 10.6 Å². The maximum atomic E-state index is 11.6. The van der Waals surface area contributed by atoms with Crippen LogP contribution in [0.3, 0.4) is 0 Å². The molecule has 1 amide bonds. The molecule has 1 aliphatic heterocycles. The van der Waals surface area contributed by atoms with Gasteiger partial charge >= 0.3 is 0 Å². The Kier molecular flexibility index (Phi) is 6.88. The highest BCUT2D eigenvalue weighted by Crippen LogP contribution is 2.09. The number of unbranched alkanes of at least 4 members (excludes halogenated alkanes) is 1. The average Bonchev–Trinajstić information content (AvgIpc) is 2.24. The molecule has 2 atom stereocenters. The lowest BCUT2D eigenvalue weighted by Crippen LogP contribution is -2.46. The zero-order valence-electron chi connectivity index (χ0n) is 10.4. The van der Waals surface area contributed by atoms with Crippen molar-refractivity contribution in [3.05, 3.63) is 0 Å². The van der Waals surface area contributed by atoms with Crippen LogP contribution in [-0.2, 0) is 4.79 Å². The van der Waals surface area contributed by atoms with Crippen LogP contribution in [0, 0.1) is 0 Å². The zero-order valence-corrected chi connectivity index (χ0v) is 11.2. The summed E-state index contributed by atoms with van der Waals surface area (Å²) in [6.07, 6.45) is 7.11. The van der Waals surface area contributed by atoms with Crippen LogP contribution in [0.15, 0.2) is 0 Å². The molecule has 3 nitrogen and oxygen atoms in total. The molecule has 1 fully saturated rings. The van der Waals surface area contributed by atoms with E-state index in [0.717, 1.165) is 38.0 Å². The summed E-state index contributed by atoms with van der Waals surface area (Å²) in [6, 6.07) is 0.930. The molecule has 2 unspecified atom stereocenters. The molecule has 0 spiro atoms. The van der Waals surface area contributed by atoms with Gasteiger partial charge in [-0.05, 0) is 51.2 Å². The van der Waals surface area contributed by atoms with E-state index in [1.54, 1.807) is 0 Å². The fourth-order valence-corrected chi connectivity index (χ4v) is 2.59. The zero-order chi connectivity index (χ0) is 11.8. The predicted molar refractivity (Wildman–Crippen MR) is 70.9 cm³/mol. The van der Waals surface area contributed by atoms with E-state index in [4.69, 9.17) is 0 Å². The van der Waals surface area contributed by atoms with Gasteiger partial charge < -0.3 is 10.6 Å². The molecular formula is C12H24N2OS. The fourth-order valence-electron chi connectivity index (χ4n) is 2.09. The number of thioether (sulfide) groups is 1. The summed E-state index contributed by atoms with van der Waals surface area (Å²) >= 11 is 1.85. The van der Waals surface area contributed by atoms with Crippen LogP contribution in [0.4, 0.5) is 0 Å². The van der Waals surface area contributed by atoms with Crippen LogP contribution >= 0.6 is 11.8 Å². The first-order valence-corrected chi connectivity index (χ1v) is 7.63. The van der Waals surface area contributed by atoms with E-state index in [0.29, 0.717) is 18.5 Å². The van der Waals surface area contributed by atoms with Gasteiger partial charge in [0, 0.05) is 18.5 Å². The summed E-state index contributed by atoms with van der Waals surface area (Å²) in [5, 5.41) is 6.53. The monoisotopic (exact) mass is 244 g/mol. The van der Waals surface area contributed by atoms with Gasteiger partial charge in [0.05, 0.1) is 0 Å². The highest BCUT2D eigenvalue weighted by Gasteiger charge is 2.19. The van der Waals surface area contributed by atoms with Crippen molar-refractivity contribution in [2.45, 2.75) is 51.1 Å². The molecule has 1 aliphatic rings. The summed E-state index contributed by atoms with van der Waals surface area (Å²) in [7, 11) is 0. The molecule has 0 saturated carbocycles. The minimum absolute atomic E-state index is 0.236. The quantitative estimate of drug-likeness (QED) is 0.700. The van der Waals surface area contributed by atoms with Crippen molar-refractivity contribution in [1.29, 1.82) is 0 Å². The van der Waals surface area contributed by atoms with Crippen LogP contribution < -0.4 is 10.6 Å². The van der Waals surface area contributed by atoms with Crippen molar-refractivity contribution < 1.29 is 4.79 Å². The molecule has 0 bridgehead atoms. The number of carbonyl (C=O) groups excluding carboxylic acids is 1. The largest absolute Gasteiger partial charge is 0.353 e. The third-order valence-electron chi connectivity index (χ3n) is 2.99. The Balaban J connectivity index is 2.08. The standard InChI is InChI=1S/C12H24N2OS/c1-10-9-11(6-7-13-10)14-12(15)5-3-4-8-16-2/h10-11,13H,3-9H2,1-2H3,(H,14,15). The van der Waals surface area contributed by atoms with E-state index in [2.05, 4.69) is 23.8 Å². The highest BCUT2D eigenvalue weighted by atomic mass is 32.2. The number of hydrogen-bond donors (Lipinski definition) is 2. The van der Waals surface area contributed by atoms with Gasteiger partial charge in [0.15, 0.2) is 0 Å². The smallest absolute Gasteiger partial charge is 0.220 e. The summed E-state index contributed by atoms with van der Waals surface area (Å²) < 4.78 is 0. The van der Waals surface area contributed by atoms with E-state index < -0.39 is 0 Å². The van der Waals surface area contributed by atoms with E-state index in [1.165, 1.54) is 0 Å². The normalized spacial score (nSPS) is 25.4. The Bertz CT molecular complexity index is 211. The number of amides is 1. The van der Waals surface area contributed by atoms with E-state index in [9.17, 15) is 4.79 Å². The Morgan fingerprint density at radius 1 is 1.50 bits per heavy atom. The van der Waals surface area contributed by atoms with Crippen molar-refractivity contribution in [2.75, 3.05) is 18.6 Å². The van der Waals surface area contributed by atoms with Gasteiger partial charge in [-0.1, -0.05) is 0 Å². The van der Waals surface area contributed by atoms with E-state index >= 15 is 0 Å². The lowest BCUT2D eigenvalue weighted by atomic mass is 10.0. The Morgan fingerprint density at radius 2 is 2.31 bits per heavy atom. The van der Waals surface area contributed by atoms with Gasteiger partial charge in [-0.2, -0.15) is 11.8 Å². The molecule has 94 valence electrons. The third kappa shape index (κ3) is 5.75. The van der Waals surface area contributed by atoms with Crippen LogP contribution in [0.1, 0.15) is 39.0 Å². The average molecular weight is 244 g/mol. The van der Waals surface area contributed by atoms with Crippen molar-refractivity contribution in [2.24, 2.45) is 0 Å².